The third-order valence-corrected chi connectivity index (χ3v) is 5.34. The molecular formula is C20H23ClFN5O3. The molecule has 8 nitrogen and oxygen atoms in total. The van der Waals surface area contributed by atoms with Crippen LogP contribution in [0.1, 0.15) is 53.1 Å². The van der Waals surface area contributed by atoms with Crippen LogP contribution in [0.15, 0.2) is 24.5 Å². The quantitative estimate of drug-likeness (QED) is 0.686. The van der Waals surface area contributed by atoms with Crippen molar-refractivity contribution in [3.05, 3.63) is 46.8 Å². The van der Waals surface area contributed by atoms with Crippen LogP contribution in [0.3, 0.4) is 0 Å². The third-order valence-electron chi connectivity index (χ3n) is 5.04. The maximum atomic E-state index is 13.4. The highest BCUT2D eigenvalue weighted by molar-refractivity contribution is 6.33. The van der Waals surface area contributed by atoms with Crippen LogP contribution in [0, 0.1) is 5.82 Å². The number of nitrogens with zero attached hydrogens (tertiary/aromatic N) is 2. The fourth-order valence-corrected chi connectivity index (χ4v) is 3.75. The molecule has 0 saturated carbocycles. The first-order chi connectivity index (χ1) is 14.4. The highest BCUT2D eigenvalue weighted by Gasteiger charge is 2.25. The number of benzene rings is 1. The van der Waals surface area contributed by atoms with Crippen molar-refractivity contribution in [2.45, 2.75) is 38.1 Å². The van der Waals surface area contributed by atoms with E-state index in [0.717, 1.165) is 6.42 Å². The van der Waals surface area contributed by atoms with E-state index in [9.17, 15) is 18.8 Å². The summed E-state index contributed by atoms with van der Waals surface area (Å²) < 4.78 is 13.4. The van der Waals surface area contributed by atoms with Crippen molar-refractivity contribution in [2.24, 2.45) is 0 Å². The first kappa shape index (κ1) is 21.8. The highest BCUT2D eigenvalue weighted by atomic mass is 35.5. The first-order valence-electron chi connectivity index (χ1n) is 9.72. The van der Waals surface area contributed by atoms with Crippen LogP contribution in [-0.2, 0) is 4.79 Å². The maximum absolute atomic E-state index is 13.4. The molecule has 1 aromatic heterocycles. The molecule has 1 aliphatic rings. The van der Waals surface area contributed by atoms with E-state index in [1.54, 1.807) is 4.90 Å². The Labute approximate surface area is 178 Å². The number of amides is 3. The molecule has 0 bridgehead atoms. The van der Waals surface area contributed by atoms with Crippen molar-refractivity contribution in [1.29, 1.82) is 0 Å². The summed E-state index contributed by atoms with van der Waals surface area (Å²) in [7, 11) is 1.47. The Morgan fingerprint density at radius 2 is 2.07 bits per heavy atom. The number of hydrogen-bond acceptors (Lipinski definition) is 4. The number of nitrogens with one attached hydrogen (secondary N) is 3. The van der Waals surface area contributed by atoms with Crippen LogP contribution in [-0.4, -0.2) is 47.3 Å². The predicted octanol–water partition coefficient (Wildman–Crippen LogP) is 2.66. The van der Waals surface area contributed by atoms with Crippen molar-refractivity contribution in [3.63, 3.8) is 0 Å². The second-order valence-electron chi connectivity index (χ2n) is 7.05. The average molecular weight is 436 g/mol. The van der Waals surface area contributed by atoms with Gasteiger partial charge in [-0.15, -0.1) is 0 Å². The van der Waals surface area contributed by atoms with E-state index in [0.29, 0.717) is 31.5 Å². The lowest BCUT2D eigenvalue weighted by molar-refractivity contribution is -0.118. The Balaban J connectivity index is 1.68. The molecule has 2 heterocycles. The third kappa shape index (κ3) is 4.96. The van der Waals surface area contributed by atoms with Gasteiger partial charge in [0.1, 0.15) is 11.5 Å². The molecule has 0 spiro atoms. The van der Waals surface area contributed by atoms with Crippen LogP contribution in [0.5, 0.6) is 0 Å². The Hall–Kier alpha value is -2.94. The van der Waals surface area contributed by atoms with Crippen LogP contribution >= 0.6 is 11.6 Å². The van der Waals surface area contributed by atoms with E-state index in [-0.39, 0.29) is 34.8 Å². The molecule has 0 aliphatic carbocycles. The molecule has 0 unspecified atom stereocenters. The van der Waals surface area contributed by atoms with Gasteiger partial charge in [-0.3, -0.25) is 14.4 Å². The van der Waals surface area contributed by atoms with Gasteiger partial charge in [-0.1, -0.05) is 11.6 Å². The van der Waals surface area contributed by atoms with Crippen molar-refractivity contribution in [2.75, 3.05) is 18.5 Å². The number of rotatable bonds is 4. The fraction of sp³-hybridized carbons (Fsp3) is 0.400. The molecule has 1 atom stereocenters. The second kappa shape index (κ2) is 9.71. The number of carbonyl (C=O) groups excluding carboxylic acids is 3. The van der Waals surface area contributed by atoms with E-state index in [4.69, 9.17) is 11.6 Å². The van der Waals surface area contributed by atoms with E-state index < -0.39 is 17.6 Å². The zero-order valence-electron chi connectivity index (χ0n) is 16.5. The summed E-state index contributed by atoms with van der Waals surface area (Å²) in [5.74, 6) is -1.51. The van der Waals surface area contributed by atoms with Gasteiger partial charge in [0, 0.05) is 26.1 Å². The zero-order chi connectivity index (χ0) is 21.7. The molecule has 30 heavy (non-hydrogen) atoms. The van der Waals surface area contributed by atoms with E-state index >= 15 is 0 Å². The summed E-state index contributed by atoms with van der Waals surface area (Å²) in [4.78, 5) is 45.4. The average Bonchev–Trinajstić information content (AvgIpc) is 3.23. The molecule has 1 saturated heterocycles. The molecule has 0 radical (unpaired) electrons. The van der Waals surface area contributed by atoms with Crippen molar-refractivity contribution in [3.8, 4) is 0 Å². The Morgan fingerprint density at radius 1 is 1.27 bits per heavy atom. The van der Waals surface area contributed by atoms with Crippen LogP contribution < -0.4 is 15.5 Å². The Morgan fingerprint density at radius 3 is 2.80 bits per heavy atom. The minimum Gasteiger partial charge on any atom is -0.354 e. The second-order valence-corrected chi connectivity index (χ2v) is 7.46. The number of H-pyrrole nitrogens is 1. The van der Waals surface area contributed by atoms with Gasteiger partial charge in [-0.2, -0.15) is 0 Å². The van der Waals surface area contributed by atoms with Crippen molar-refractivity contribution >= 4 is 35.0 Å². The lowest BCUT2D eigenvalue weighted by atomic mass is 10.0. The smallest absolute Gasteiger partial charge is 0.272 e. The lowest BCUT2D eigenvalue weighted by Crippen LogP contribution is -2.37. The van der Waals surface area contributed by atoms with E-state index in [2.05, 4.69) is 20.6 Å². The monoisotopic (exact) mass is 435 g/mol. The number of halogens is 2. The molecule has 2 aromatic rings. The minimum atomic E-state index is -0.468. The fourth-order valence-electron chi connectivity index (χ4n) is 3.48. The van der Waals surface area contributed by atoms with E-state index in [1.807, 2.05) is 0 Å². The topological polar surface area (TPSA) is 107 Å². The molecule has 3 rings (SSSR count). The van der Waals surface area contributed by atoms with Gasteiger partial charge in [0.05, 0.1) is 17.0 Å². The molecule has 10 heteroatoms. The zero-order valence-corrected chi connectivity index (χ0v) is 17.3. The molecule has 3 amide bonds. The summed E-state index contributed by atoms with van der Waals surface area (Å²) in [6.45, 7) is 0.463. The lowest BCUT2D eigenvalue weighted by Gasteiger charge is -2.23. The molecule has 3 N–H and O–H groups in total. The number of aromatic nitrogens is 2. The van der Waals surface area contributed by atoms with Crippen LogP contribution in [0.2, 0.25) is 5.02 Å². The SMILES string of the molecule is CNC(=O)c1[nH]cnc1C(=O)N[C@@H]1CCCCN(c2ccc(F)cc2Cl)C(=O)CC1. The largest absolute Gasteiger partial charge is 0.354 e. The summed E-state index contributed by atoms with van der Waals surface area (Å²) in [5, 5.41) is 5.52. The number of imidazole rings is 1. The van der Waals surface area contributed by atoms with Crippen LogP contribution in [0.4, 0.5) is 10.1 Å². The number of aromatic amines is 1. The summed E-state index contributed by atoms with van der Waals surface area (Å²) in [6, 6.07) is 3.73. The van der Waals surface area contributed by atoms with Gasteiger partial charge in [0.25, 0.3) is 11.8 Å². The minimum absolute atomic E-state index is 0.0141. The predicted molar refractivity (Wildman–Crippen MR) is 110 cm³/mol. The number of anilines is 1. The van der Waals surface area contributed by atoms with Crippen LogP contribution in [0.25, 0.3) is 0 Å². The number of carbonyl (C=O) groups is 3. The number of hydrogen-bond donors (Lipinski definition) is 3. The van der Waals surface area contributed by atoms with Gasteiger partial charge in [-0.25, -0.2) is 9.37 Å². The Kier molecular flexibility index (Phi) is 7.04. The molecule has 160 valence electrons. The summed E-state index contributed by atoms with van der Waals surface area (Å²) in [6.07, 6.45) is 4.08. The standard InChI is InChI=1S/C20H23ClFN5O3/c1-23-19(29)17-18(25-11-24-17)20(30)26-13-4-2-3-9-27(16(28)8-6-13)15-7-5-12(22)10-14(15)21/h5,7,10-11,13H,2-4,6,8-9H2,1H3,(H,23,29)(H,24,25)(H,26,30)/t13-/m1/s1. The Bertz CT molecular complexity index is 948. The highest BCUT2D eigenvalue weighted by Crippen LogP contribution is 2.28. The maximum Gasteiger partial charge on any atom is 0.272 e. The van der Waals surface area contributed by atoms with Gasteiger partial charge >= 0.3 is 0 Å². The molecule has 1 aromatic carbocycles. The molecule has 1 aliphatic heterocycles. The van der Waals surface area contributed by atoms with E-state index in [1.165, 1.54) is 31.6 Å². The van der Waals surface area contributed by atoms with Gasteiger partial charge in [-0.05, 0) is 43.9 Å². The molecular weight excluding hydrogens is 413 g/mol. The van der Waals surface area contributed by atoms with Crippen molar-refractivity contribution < 1.29 is 18.8 Å². The summed E-state index contributed by atoms with van der Waals surface area (Å²) in [5.41, 5.74) is 0.587. The van der Waals surface area contributed by atoms with Gasteiger partial charge < -0.3 is 20.5 Å². The normalized spacial score (nSPS) is 17.6. The first-order valence-corrected chi connectivity index (χ1v) is 10.1. The van der Waals surface area contributed by atoms with Crippen molar-refractivity contribution in [1.82, 2.24) is 20.6 Å². The summed E-state index contributed by atoms with van der Waals surface area (Å²) >= 11 is 6.14. The van der Waals surface area contributed by atoms with Gasteiger partial charge in [0.2, 0.25) is 5.91 Å². The molecule has 1 fully saturated rings. The van der Waals surface area contributed by atoms with Gasteiger partial charge in [0.15, 0.2) is 5.69 Å².